The molecule has 1 aliphatic heterocycles. The number of ether oxygens (including phenoxy) is 2. The standard InChI is InChI=1S/C22H19ClO5/c23-16-5-3-14(4-6-16)15-10-18(25)22(19(26)11-15)17(24)7-1-13-2-8-20-21(9-13)28-12-27-20/h2-6,8-9,15,22H,1,7,10-12H2. The molecule has 0 bridgehead atoms. The number of fused-ring (bicyclic) bond motifs is 1. The highest BCUT2D eigenvalue weighted by molar-refractivity contribution is 6.30. The first-order chi connectivity index (χ1) is 13.5. The summed E-state index contributed by atoms with van der Waals surface area (Å²) in [5.74, 6) is -0.852. The molecular formula is C22H19ClO5. The molecule has 0 aromatic heterocycles. The number of hydrogen-bond acceptors (Lipinski definition) is 5. The van der Waals surface area contributed by atoms with Crippen molar-refractivity contribution in [1.82, 2.24) is 0 Å². The number of halogens is 1. The SMILES string of the molecule is O=C(CCc1ccc2c(c1)OCO2)C1C(=O)CC(c2ccc(Cl)cc2)CC1=O. The number of Topliss-reactive ketones (excluding diaryl/α,β-unsaturated/α-hetero) is 3. The molecule has 1 aliphatic carbocycles. The quantitative estimate of drug-likeness (QED) is 0.714. The normalized spacial score (nSPS) is 21.0. The molecular weight excluding hydrogens is 380 g/mol. The van der Waals surface area contributed by atoms with Crippen LogP contribution in [0.4, 0.5) is 0 Å². The molecule has 4 rings (SSSR count). The summed E-state index contributed by atoms with van der Waals surface area (Å²) in [5.41, 5.74) is 1.81. The molecule has 6 heteroatoms. The van der Waals surface area contributed by atoms with Crippen LogP contribution in [0.3, 0.4) is 0 Å². The van der Waals surface area contributed by atoms with E-state index >= 15 is 0 Å². The number of ketones is 3. The van der Waals surface area contributed by atoms with Gasteiger partial charge in [-0.3, -0.25) is 14.4 Å². The number of carbonyl (C=O) groups is 3. The fourth-order valence-electron chi connectivity index (χ4n) is 3.81. The maximum atomic E-state index is 12.6. The van der Waals surface area contributed by atoms with Crippen molar-refractivity contribution in [3.8, 4) is 11.5 Å². The van der Waals surface area contributed by atoms with Gasteiger partial charge in [-0.2, -0.15) is 0 Å². The van der Waals surface area contributed by atoms with Gasteiger partial charge in [0.05, 0.1) is 0 Å². The van der Waals surface area contributed by atoms with Crippen LogP contribution in [0.2, 0.25) is 5.02 Å². The minimum absolute atomic E-state index is 0.146. The molecule has 1 heterocycles. The van der Waals surface area contributed by atoms with Crippen LogP contribution < -0.4 is 9.47 Å². The Morgan fingerprint density at radius 1 is 0.964 bits per heavy atom. The zero-order valence-corrected chi connectivity index (χ0v) is 15.9. The zero-order chi connectivity index (χ0) is 19.7. The van der Waals surface area contributed by atoms with Crippen LogP contribution in [-0.2, 0) is 20.8 Å². The molecule has 0 radical (unpaired) electrons. The maximum absolute atomic E-state index is 12.6. The lowest BCUT2D eigenvalue weighted by Gasteiger charge is -2.26. The summed E-state index contributed by atoms with van der Waals surface area (Å²) in [4.78, 5) is 37.7. The van der Waals surface area contributed by atoms with Crippen molar-refractivity contribution in [2.75, 3.05) is 6.79 Å². The largest absolute Gasteiger partial charge is 0.454 e. The molecule has 2 aliphatic rings. The number of benzene rings is 2. The van der Waals surface area contributed by atoms with E-state index in [-0.39, 0.29) is 49.3 Å². The third-order valence-electron chi connectivity index (χ3n) is 5.30. The van der Waals surface area contributed by atoms with Gasteiger partial charge in [0.15, 0.2) is 28.8 Å². The van der Waals surface area contributed by atoms with E-state index < -0.39 is 5.92 Å². The van der Waals surface area contributed by atoms with E-state index in [1.54, 1.807) is 18.2 Å². The molecule has 144 valence electrons. The van der Waals surface area contributed by atoms with Crippen LogP contribution in [0, 0.1) is 5.92 Å². The average Bonchev–Trinajstić information content (AvgIpc) is 3.14. The topological polar surface area (TPSA) is 69.7 Å². The predicted molar refractivity (Wildman–Crippen MR) is 103 cm³/mol. The molecule has 1 saturated carbocycles. The van der Waals surface area contributed by atoms with Gasteiger partial charge in [0.25, 0.3) is 0 Å². The van der Waals surface area contributed by atoms with Crippen molar-refractivity contribution in [2.45, 2.75) is 31.6 Å². The van der Waals surface area contributed by atoms with Gasteiger partial charge in [0.2, 0.25) is 6.79 Å². The van der Waals surface area contributed by atoms with Crippen LogP contribution in [0.15, 0.2) is 42.5 Å². The Morgan fingerprint density at radius 2 is 1.64 bits per heavy atom. The van der Waals surface area contributed by atoms with Gasteiger partial charge in [-0.25, -0.2) is 0 Å². The van der Waals surface area contributed by atoms with Crippen molar-refractivity contribution in [2.24, 2.45) is 5.92 Å². The van der Waals surface area contributed by atoms with Gasteiger partial charge in [-0.15, -0.1) is 0 Å². The third-order valence-corrected chi connectivity index (χ3v) is 5.55. The first kappa shape index (κ1) is 18.7. The molecule has 0 unspecified atom stereocenters. The summed E-state index contributed by atoms with van der Waals surface area (Å²) in [7, 11) is 0. The van der Waals surface area contributed by atoms with Gasteiger partial charge in [-0.05, 0) is 47.7 Å². The van der Waals surface area contributed by atoms with Gasteiger partial charge in [-0.1, -0.05) is 29.8 Å². The second-order valence-corrected chi connectivity index (χ2v) is 7.61. The van der Waals surface area contributed by atoms with Gasteiger partial charge >= 0.3 is 0 Å². The number of aryl methyl sites for hydroxylation is 1. The lowest BCUT2D eigenvalue weighted by atomic mass is 9.74. The van der Waals surface area contributed by atoms with Crippen molar-refractivity contribution in [3.63, 3.8) is 0 Å². The highest BCUT2D eigenvalue weighted by Gasteiger charge is 2.39. The maximum Gasteiger partial charge on any atom is 0.231 e. The summed E-state index contributed by atoms with van der Waals surface area (Å²) in [6.45, 7) is 0.192. The third kappa shape index (κ3) is 3.80. The number of rotatable bonds is 5. The van der Waals surface area contributed by atoms with E-state index in [2.05, 4.69) is 0 Å². The van der Waals surface area contributed by atoms with Crippen LogP contribution >= 0.6 is 11.6 Å². The number of carbonyl (C=O) groups excluding carboxylic acids is 3. The van der Waals surface area contributed by atoms with Gasteiger partial charge in [0.1, 0.15) is 5.92 Å². The molecule has 0 spiro atoms. The van der Waals surface area contributed by atoms with Crippen molar-refractivity contribution in [1.29, 1.82) is 0 Å². The lowest BCUT2D eigenvalue weighted by molar-refractivity contribution is -0.142. The molecule has 0 N–H and O–H groups in total. The first-order valence-electron chi connectivity index (χ1n) is 9.23. The Kier molecular flexibility index (Phi) is 5.18. The van der Waals surface area contributed by atoms with Crippen LogP contribution in [0.1, 0.15) is 36.3 Å². The van der Waals surface area contributed by atoms with Gasteiger partial charge < -0.3 is 9.47 Å². The second-order valence-electron chi connectivity index (χ2n) is 7.18. The molecule has 0 amide bonds. The summed E-state index contributed by atoms with van der Waals surface area (Å²) >= 11 is 5.90. The predicted octanol–water partition coefficient (Wildman–Crippen LogP) is 3.90. The highest BCUT2D eigenvalue weighted by Crippen LogP contribution is 2.34. The summed E-state index contributed by atoms with van der Waals surface area (Å²) < 4.78 is 10.6. The Bertz CT molecular complexity index is 916. The molecule has 2 aromatic carbocycles. The molecule has 0 atom stereocenters. The van der Waals surface area contributed by atoms with E-state index in [0.29, 0.717) is 22.9 Å². The van der Waals surface area contributed by atoms with E-state index in [1.165, 1.54) is 0 Å². The minimum Gasteiger partial charge on any atom is -0.454 e. The Labute approximate surface area is 167 Å². The van der Waals surface area contributed by atoms with Crippen molar-refractivity contribution >= 4 is 29.0 Å². The average molecular weight is 399 g/mol. The van der Waals surface area contributed by atoms with E-state index in [1.807, 2.05) is 24.3 Å². The first-order valence-corrected chi connectivity index (χ1v) is 9.61. The summed E-state index contributed by atoms with van der Waals surface area (Å²) in [6, 6.07) is 12.6. The van der Waals surface area contributed by atoms with Crippen LogP contribution in [-0.4, -0.2) is 24.1 Å². The van der Waals surface area contributed by atoms with Crippen molar-refractivity contribution < 1.29 is 23.9 Å². The van der Waals surface area contributed by atoms with Crippen LogP contribution in [0.25, 0.3) is 0 Å². The zero-order valence-electron chi connectivity index (χ0n) is 15.2. The monoisotopic (exact) mass is 398 g/mol. The molecule has 5 nitrogen and oxygen atoms in total. The van der Waals surface area contributed by atoms with E-state index in [0.717, 1.165) is 11.1 Å². The van der Waals surface area contributed by atoms with Crippen LogP contribution in [0.5, 0.6) is 11.5 Å². The Balaban J connectivity index is 1.38. The van der Waals surface area contributed by atoms with E-state index in [4.69, 9.17) is 21.1 Å². The smallest absolute Gasteiger partial charge is 0.231 e. The summed E-state index contributed by atoms with van der Waals surface area (Å²) in [6.07, 6.45) is 1.00. The molecule has 2 aromatic rings. The fraction of sp³-hybridized carbons (Fsp3) is 0.318. The molecule has 0 saturated heterocycles. The molecule has 28 heavy (non-hydrogen) atoms. The fourth-order valence-corrected chi connectivity index (χ4v) is 3.94. The highest BCUT2D eigenvalue weighted by atomic mass is 35.5. The summed E-state index contributed by atoms with van der Waals surface area (Å²) in [5, 5.41) is 0.605. The van der Waals surface area contributed by atoms with Gasteiger partial charge in [0, 0.05) is 24.3 Å². The number of hydrogen-bond donors (Lipinski definition) is 0. The minimum atomic E-state index is -1.13. The lowest BCUT2D eigenvalue weighted by Crippen LogP contribution is -2.38. The van der Waals surface area contributed by atoms with E-state index in [9.17, 15) is 14.4 Å². The Morgan fingerprint density at radius 3 is 2.36 bits per heavy atom. The molecule has 1 fully saturated rings. The Hall–Kier alpha value is -2.66. The second kappa shape index (κ2) is 7.76. The van der Waals surface area contributed by atoms with Crippen molar-refractivity contribution in [3.05, 3.63) is 58.6 Å².